The quantitative estimate of drug-likeness (QED) is 0.199. The van der Waals surface area contributed by atoms with Gasteiger partial charge in [-0.25, -0.2) is 14.0 Å². The molecule has 1 aromatic rings. The highest BCUT2D eigenvalue weighted by atomic mass is 35.5. The van der Waals surface area contributed by atoms with Crippen molar-refractivity contribution in [1.29, 1.82) is 0 Å². The number of hydrogen-bond acceptors (Lipinski definition) is 7. The standard InChI is InChI=1S/C21H33ClN4O6S/c1-31-13-10-23-15-21(20(28)24-29)9-6-17(14-27)26(21)33(30)25-11-7-19(8-12-25)32-18-4-2-16(22)3-5-18/h2-5,17,19,23,27,29H,6-15H2,1H3,(H,24,28). The molecular formula is C21H33ClN4O6S. The van der Waals surface area contributed by atoms with Crippen molar-refractivity contribution in [2.24, 2.45) is 0 Å². The van der Waals surface area contributed by atoms with E-state index in [0.29, 0.717) is 56.9 Å². The molecule has 4 N–H and O–H groups in total. The van der Waals surface area contributed by atoms with Crippen LogP contribution in [0.5, 0.6) is 5.75 Å². The van der Waals surface area contributed by atoms with Crippen molar-refractivity contribution >= 4 is 28.7 Å². The summed E-state index contributed by atoms with van der Waals surface area (Å²) in [5, 5.41) is 23.2. The third kappa shape index (κ3) is 6.23. The molecule has 186 valence electrons. The lowest BCUT2D eigenvalue weighted by atomic mass is 9.96. The molecular weight excluding hydrogens is 472 g/mol. The number of nitrogens with zero attached hydrogens (tertiary/aromatic N) is 2. The average molecular weight is 505 g/mol. The maximum absolute atomic E-state index is 13.7. The fraction of sp³-hybridized carbons (Fsp3) is 0.667. The van der Waals surface area contributed by atoms with Crippen LogP contribution in [0, 0.1) is 0 Å². The molecule has 10 nitrogen and oxygen atoms in total. The van der Waals surface area contributed by atoms with Crippen molar-refractivity contribution in [2.45, 2.75) is 43.4 Å². The summed E-state index contributed by atoms with van der Waals surface area (Å²) in [5.74, 6) is 0.0947. The van der Waals surface area contributed by atoms with Gasteiger partial charge in [0.1, 0.15) is 17.4 Å². The molecule has 3 unspecified atom stereocenters. The van der Waals surface area contributed by atoms with Gasteiger partial charge in [0, 0.05) is 44.4 Å². The zero-order valence-corrected chi connectivity index (χ0v) is 20.3. The van der Waals surface area contributed by atoms with Gasteiger partial charge in [-0.05, 0) is 49.9 Å². The maximum Gasteiger partial charge on any atom is 0.266 e. The molecule has 1 amide bonds. The number of carbonyl (C=O) groups is 1. The van der Waals surface area contributed by atoms with Crippen LogP contribution >= 0.6 is 11.6 Å². The van der Waals surface area contributed by atoms with E-state index in [4.69, 9.17) is 21.1 Å². The molecule has 0 aromatic heterocycles. The first kappa shape index (κ1) is 26.3. The highest BCUT2D eigenvalue weighted by Gasteiger charge is 2.55. The lowest BCUT2D eigenvalue weighted by Gasteiger charge is -2.41. The number of amides is 1. The Kier molecular flexibility index (Phi) is 9.89. The maximum atomic E-state index is 13.7. The first-order valence-electron chi connectivity index (χ1n) is 11.1. The van der Waals surface area contributed by atoms with E-state index in [1.165, 1.54) is 0 Å². The third-order valence-electron chi connectivity index (χ3n) is 6.19. The van der Waals surface area contributed by atoms with Crippen molar-refractivity contribution in [2.75, 3.05) is 46.5 Å². The van der Waals surface area contributed by atoms with Crippen LogP contribution in [0.15, 0.2) is 24.3 Å². The molecule has 2 saturated heterocycles. The molecule has 0 saturated carbocycles. The molecule has 0 bridgehead atoms. The molecule has 1 aromatic carbocycles. The third-order valence-corrected chi connectivity index (χ3v) is 8.23. The summed E-state index contributed by atoms with van der Waals surface area (Å²) in [4.78, 5) is 12.8. The Balaban J connectivity index is 1.68. The normalized spacial score (nSPS) is 25.8. The number of methoxy groups -OCH3 is 1. The first-order chi connectivity index (χ1) is 15.9. The van der Waals surface area contributed by atoms with E-state index in [-0.39, 0.29) is 19.3 Å². The number of nitrogens with one attached hydrogen (secondary N) is 2. The monoisotopic (exact) mass is 504 g/mol. The van der Waals surface area contributed by atoms with Crippen LogP contribution in [0.4, 0.5) is 0 Å². The van der Waals surface area contributed by atoms with Gasteiger partial charge >= 0.3 is 0 Å². The van der Waals surface area contributed by atoms with Crippen LogP contribution in [-0.4, -0.2) is 93.2 Å². The Morgan fingerprint density at radius 1 is 1.27 bits per heavy atom. The van der Waals surface area contributed by atoms with E-state index >= 15 is 0 Å². The molecule has 3 atom stereocenters. The second kappa shape index (κ2) is 12.4. The fourth-order valence-corrected chi connectivity index (χ4v) is 6.26. The molecule has 0 spiro atoms. The van der Waals surface area contributed by atoms with Crippen LogP contribution in [0.3, 0.4) is 0 Å². The van der Waals surface area contributed by atoms with Gasteiger partial charge in [-0.2, -0.15) is 4.31 Å². The molecule has 33 heavy (non-hydrogen) atoms. The zero-order chi connectivity index (χ0) is 23.8. The Bertz CT molecular complexity index is 795. The van der Waals surface area contributed by atoms with Crippen LogP contribution in [0.1, 0.15) is 25.7 Å². The molecule has 2 heterocycles. The van der Waals surface area contributed by atoms with E-state index < -0.39 is 28.7 Å². The number of carbonyl (C=O) groups excluding carboxylic acids is 1. The van der Waals surface area contributed by atoms with Gasteiger partial charge < -0.3 is 19.9 Å². The minimum Gasteiger partial charge on any atom is -0.490 e. The SMILES string of the molecule is COCCNCC1(C(=O)NO)CCC(CO)N1S(=O)N1CCC(Oc2ccc(Cl)cc2)CC1. The zero-order valence-electron chi connectivity index (χ0n) is 18.7. The van der Waals surface area contributed by atoms with E-state index in [1.807, 2.05) is 12.1 Å². The molecule has 12 heteroatoms. The van der Waals surface area contributed by atoms with E-state index in [2.05, 4.69) is 5.32 Å². The van der Waals surface area contributed by atoms with Crippen LogP contribution in [0.2, 0.25) is 5.02 Å². The number of hydrogen-bond donors (Lipinski definition) is 4. The van der Waals surface area contributed by atoms with Crippen molar-refractivity contribution in [1.82, 2.24) is 19.4 Å². The Morgan fingerprint density at radius 3 is 2.58 bits per heavy atom. The number of hydroxylamine groups is 1. The smallest absolute Gasteiger partial charge is 0.266 e. The van der Waals surface area contributed by atoms with Gasteiger partial charge in [0.2, 0.25) is 0 Å². The highest BCUT2D eigenvalue weighted by Crippen LogP contribution is 2.37. The number of benzene rings is 1. The van der Waals surface area contributed by atoms with Gasteiger partial charge in [-0.15, -0.1) is 0 Å². The van der Waals surface area contributed by atoms with Gasteiger partial charge in [0.05, 0.1) is 13.2 Å². The van der Waals surface area contributed by atoms with Gasteiger partial charge in [-0.1, -0.05) is 11.6 Å². The predicted octanol–water partition coefficient (Wildman–Crippen LogP) is 0.699. The van der Waals surface area contributed by atoms with Gasteiger partial charge in [-0.3, -0.25) is 10.0 Å². The summed E-state index contributed by atoms with van der Waals surface area (Å²) in [6, 6.07) is 6.73. The lowest BCUT2D eigenvalue weighted by molar-refractivity contribution is -0.138. The molecule has 2 aliphatic heterocycles. The largest absolute Gasteiger partial charge is 0.490 e. The number of rotatable bonds is 11. The van der Waals surface area contributed by atoms with E-state index in [9.17, 15) is 19.3 Å². The fourth-order valence-electron chi connectivity index (χ4n) is 4.39. The number of piperidine rings is 1. The van der Waals surface area contributed by atoms with Crippen LogP contribution < -0.4 is 15.5 Å². The van der Waals surface area contributed by atoms with Crippen molar-refractivity contribution in [3.05, 3.63) is 29.3 Å². The van der Waals surface area contributed by atoms with Crippen LogP contribution in [0.25, 0.3) is 0 Å². The summed E-state index contributed by atoms with van der Waals surface area (Å²) in [5.41, 5.74) is 0.491. The average Bonchev–Trinajstić information content (AvgIpc) is 3.22. The molecule has 0 radical (unpaired) electrons. The summed E-state index contributed by atoms with van der Waals surface area (Å²) in [6.07, 6.45) is 2.14. The van der Waals surface area contributed by atoms with E-state index in [0.717, 1.165) is 5.75 Å². The summed E-state index contributed by atoms with van der Waals surface area (Å²) < 4.78 is 28.1. The Morgan fingerprint density at radius 2 is 1.97 bits per heavy atom. The summed E-state index contributed by atoms with van der Waals surface area (Å²) >= 11 is 4.24. The minimum absolute atomic E-state index is 0.0205. The van der Waals surface area contributed by atoms with Crippen molar-refractivity contribution in [3.63, 3.8) is 0 Å². The highest BCUT2D eigenvalue weighted by molar-refractivity contribution is 7.80. The molecule has 2 fully saturated rings. The van der Waals surface area contributed by atoms with Crippen LogP contribution in [-0.2, 0) is 20.7 Å². The minimum atomic E-state index is -1.68. The predicted molar refractivity (Wildman–Crippen MR) is 124 cm³/mol. The molecule has 3 rings (SSSR count). The topological polar surface area (TPSA) is 124 Å². The number of ether oxygens (including phenoxy) is 2. The van der Waals surface area contributed by atoms with Gasteiger partial charge in [0.25, 0.3) is 5.91 Å². The molecule has 2 aliphatic rings. The van der Waals surface area contributed by atoms with Gasteiger partial charge in [0.15, 0.2) is 11.2 Å². The van der Waals surface area contributed by atoms with Crippen molar-refractivity contribution < 1.29 is 28.8 Å². The second-order valence-electron chi connectivity index (χ2n) is 8.27. The first-order valence-corrected chi connectivity index (χ1v) is 12.5. The molecule has 0 aliphatic carbocycles. The second-order valence-corrected chi connectivity index (χ2v) is 10.1. The summed E-state index contributed by atoms with van der Waals surface area (Å²) in [6.45, 7) is 1.89. The number of halogens is 1. The summed E-state index contributed by atoms with van der Waals surface area (Å²) in [7, 11) is 1.58. The lowest BCUT2D eigenvalue weighted by Crippen LogP contribution is -2.64. The number of aliphatic hydroxyl groups excluding tert-OH is 1. The number of aliphatic hydroxyl groups is 1. The Labute approximate surface area is 201 Å². The van der Waals surface area contributed by atoms with Crippen molar-refractivity contribution in [3.8, 4) is 5.75 Å². The van der Waals surface area contributed by atoms with E-state index in [1.54, 1.807) is 33.3 Å². The Hall–Kier alpha value is -1.31.